The lowest BCUT2D eigenvalue weighted by atomic mass is 9.93. The summed E-state index contributed by atoms with van der Waals surface area (Å²) in [5, 5.41) is 8.47. The first kappa shape index (κ1) is 9.85. The van der Waals surface area contributed by atoms with Gasteiger partial charge in [-0.2, -0.15) is 18.4 Å². The van der Waals surface area contributed by atoms with Crippen LogP contribution in [0.1, 0.15) is 19.8 Å². The number of halogens is 3. The van der Waals surface area contributed by atoms with Gasteiger partial charge in [0.15, 0.2) is 0 Å². The molecule has 0 radical (unpaired) electrons. The van der Waals surface area contributed by atoms with Crippen molar-refractivity contribution in [1.29, 1.82) is 5.26 Å². The van der Waals surface area contributed by atoms with Crippen molar-refractivity contribution in [2.45, 2.75) is 25.9 Å². The van der Waals surface area contributed by atoms with Crippen molar-refractivity contribution in [1.82, 2.24) is 0 Å². The third-order valence-corrected chi connectivity index (χ3v) is 1.93. The number of nitrogens with zero attached hydrogens (tertiary/aromatic N) is 1. The Morgan fingerprint density at radius 3 is 2.46 bits per heavy atom. The Kier molecular flexibility index (Phi) is 2.46. The maximum absolute atomic E-state index is 12.3. The van der Waals surface area contributed by atoms with E-state index >= 15 is 0 Å². The highest BCUT2D eigenvalue weighted by Gasteiger charge is 2.36. The highest BCUT2D eigenvalue weighted by atomic mass is 19.4. The van der Waals surface area contributed by atoms with Crippen LogP contribution in [0, 0.1) is 11.3 Å². The van der Waals surface area contributed by atoms with E-state index in [4.69, 9.17) is 5.26 Å². The molecule has 0 saturated heterocycles. The van der Waals surface area contributed by atoms with E-state index in [1.54, 1.807) is 13.0 Å². The zero-order valence-corrected chi connectivity index (χ0v) is 7.07. The van der Waals surface area contributed by atoms with Crippen molar-refractivity contribution in [3.8, 4) is 6.07 Å². The minimum absolute atomic E-state index is 0.155. The third kappa shape index (κ3) is 2.11. The van der Waals surface area contributed by atoms with Crippen LogP contribution in [0.3, 0.4) is 0 Å². The van der Waals surface area contributed by atoms with E-state index in [0.717, 1.165) is 6.08 Å². The molecule has 0 N–H and O–H groups in total. The van der Waals surface area contributed by atoms with Crippen LogP contribution >= 0.6 is 0 Å². The minimum atomic E-state index is -4.40. The first-order valence-corrected chi connectivity index (χ1v) is 3.83. The Morgan fingerprint density at radius 1 is 1.38 bits per heavy atom. The van der Waals surface area contributed by atoms with Crippen LogP contribution in [-0.4, -0.2) is 6.18 Å². The number of hydrogen-bond donors (Lipinski definition) is 0. The standard InChI is InChI=1S/C9H8F3N/c1-6-2-3-7(5-13)8(4-6)9(10,11)12/h4H,2-3H2,1H3. The van der Waals surface area contributed by atoms with Crippen molar-refractivity contribution < 1.29 is 13.2 Å². The number of hydrogen-bond acceptors (Lipinski definition) is 1. The molecule has 0 aromatic carbocycles. The van der Waals surface area contributed by atoms with Crippen LogP contribution in [0.25, 0.3) is 0 Å². The van der Waals surface area contributed by atoms with Crippen LogP contribution in [0.2, 0.25) is 0 Å². The molecule has 13 heavy (non-hydrogen) atoms. The number of alkyl halides is 3. The van der Waals surface area contributed by atoms with Crippen molar-refractivity contribution in [2.24, 2.45) is 0 Å². The molecule has 4 heteroatoms. The van der Waals surface area contributed by atoms with Gasteiger partial charge in [0.1, 0.15) is 0 Å². The molecule has 0 amide bonds. The summed E-state index contributed by atoms with van der Waals surface area (Å²) in [4.78, 5) is 0. The summed E-state index contributed by atoms with van der Waals surface area (Å²) in [5.74, 6) is 0. The van der Waals surface area contributed by atoms with E-state index in [1.165, 1.54) is 0 Å². The summed E-state index contributed by atoms with van der Waals surface area (Å²) >= 11 is 0. The van der Waals surface area contributed by atoms with Crippen molar-refractivity contribution in [2.75, 3.05) is 0 Å². The van der Waals surface area contributed by atoms with E-state index in [-0.39, 0.29) is 12.0 Å². The molecule has 0 unspecified atom stereocenters. The summed E-state index contributed by atoms with van der Waals surface area (Å²) in [6, 6.07) is 1.60. The van der Waals surface area contributed by atoms with Crippen LogP contribution in [0.5, 0.6) is 0 Å². The normalized spacial score (nSPS) is 18.2. The summed E-state index contributed by atoms with van der Waals surface area (Å²) in [7, 11) is 0. The van der Waals surface area contributed by atoms with Crippen LogP contribution in [-0.2, 0) is 0 Å². The van der Waals surface area contributed by atoms with Gasteiger partial charge < -0.3 is 0 Å². The second-order valence-electron chi connectivity index (χ2n) is 2.99. The summed E-state index contributed by atoms with van der Waals surface area (Å²) in [5.41, 5.74) is -0.261. The molecule has 70 valence electrons. The summed E-state index contributed by atoms with van der Waals surface area (Å²) in [6.07, 6.45) is -2.59. The van der Waals surface area contributed by atoms with Crippen LogP contribution in [0.4, 0.5) is 13.2 Å². The second-order valence-corrected chi connectivity index (χ2v) is 2.99. The summed E-state index contributed by atoms with van der Waals surface area (Å²) < 4.78 is 36.9. The largest absolute Gasteiger partial charge is 0.417 e. The quantitative estimate of drug-likeness (QED) is 0.571. The fourth-order valence-corrected chi connectivity index (χ4v) is 1.23. The predicted octanol–water partition coefficient (Wildman–Crippen LogP) is 3.11. The number of nitriles is 1. The Hall–Kier alpha value is -1.24. The molecule has 1 nitrogen and oxygen atoms in total. The number of allylic oxidation sites excluding steroid dienone is 4. The van der Waals surface area contributed by atoms with Crippen molar-refractivity contribution in [3.63, 3.8) is 0 Å². The highest BCUT2D eigenvalue weighted by Crippen LogP contribution is 2.35. The molecule has 1 aliphatic rings. The molecule has 1 rings (SSSR count). The molecule has 0 saturated carbocycles. The Labute approximate surface area is 74.2 Å². The van der Waals surface area contributed by atoms with Crippen LogP contribution < -0.4 is 0 Å². The highest BCUT2D eigenvalue weighted by molar-refractivity contribution is 5.42. The van der Waals surface area contributed by atoms with Gasteiger partial charge in [0, 0.05) is 5.57 Å². The SMILES string of the molecule is CC1=CC(C(F)(F)F)=C(C#N)CC1. The van der Waals surface area contributed by atoms with Crippen molar-refractivity contribution >= 4 is 0 Å². The lowest BCUT2D eigenvalue weighted by Gasteiger charge is -2.16. The molecular formula is C9H8F3N. The lowest BCUT2D eigenvalue weighted by Crippen LogP contribution is -2.15. The average molecular weight is 187 g/mol. The maximum Gasteiger partial charge on any atom is 0.417 e. The van der Waals surface area contributed by atoms with Gasteiger partial charge in [0.25, 0.3) is 0 Å². The Morgan fingerprint density at radius 2 is 2.00 bits per heavy atom. The van der Waals surface area contributed by atoms with Gasteiger partial charge in [0.2, 0.25) is 0 Å². The Balaban J connectivity index is 3.15. The van der Waals surface area contributed by atoms with Gasteiger partial charge in [-0.05, 0) is 19.8 Å². The van der Waals surface area contributed by atoms with E-state index < -0.39 is 11.7 Å². The topological polar surface area (TPSA) is 23.8 Å². The molecule has 0 spiro atoms. The molecule has 1 aliphatic carbocycles. The zero-order chi connectivity index (χ0) is 10.1. The van der Waals surface area contributed by atoms with E-state index in [1.807, 2.05) is 0 Å². The maximum atomic E-state index is 12.3. The first-order valence-electron chi connectivity index (χ1n) is 3.83. The molecule has 0 aromatic rings. The van der Waals surface area contributed by atoms with Gasteiger partial charge in [0.05, 0.1) is 11.6 Å². The Bertz CT molecular complexity index is 315. The van der Waals surface area contributed by atoms with E-state index in [9.17, 15) is 13.2 Å². The molecule has 0 heterocycles. The predicted molar refractivity (Wildman–Crippen MR) is 41.7 cm³/mol. The van der Waals surface area contributed by atoms with Gasteiger partial charge >= 0.3 is 6.18 Å². The first-order chi connectivity index (χ1) is 5.95. The van der Waals surface area contributed by atoms with Gasteiger partial charge in [-0.25, -0.2) is 0 Å². The third-order valence-electron chi connectivity index (χ3n) is 1.93. The smallest absolute Gasteiger partial charge is 0.193 e. The van der Waals surface area contributed by atoms with Gasteiger partial charge in [-0.1, -0.05) is 11.6 Å². The molecule has 0 aromatic heterocycles. The summed E-state index contributed by atoms with van der Waals surface area (Å²) in [6.45, 7) is 1.64. The fourth-order valence-electron chi connectivity index (χ4n) is 1.23. The van der Waals surface area contributed by atoms with Crippen LogP contribution in [0.15, 0.2) is 22.8 Å². The van der Waals surface area contributed by atoms with Crippen molar-refractivity contribution in [3.05, 3.63) is 22.8 Å². The second kappa shape index (κ2) is 3.25. The molecule has 0 aliphatic heterocycles. The van der Waals surface area contributed by atoms with E-state index in [2.05, 4.69) is 0 Å². The molecular weight excluding hydrogens is 179 g/mol. The number of rotatable bonds is 0. The lowest BCUT2D eigenvalue weighted by molar-refractivity contribution is -0.0891. The average Bonchev–Trinajstić information content (AvgIpc) is 2.03. The van der Waals surface area contributed by atoms with E-state index in [0.29, 0.717) is 12.0 Å². The van der Waals surface area contributed by atoms with Gasteiger partial charge in [-0.15, -0.1) is 0 Å². The zero-order valence-electron chi connectivity index (χ0n) is 7.07. The fraction of sp³-hybridized carbons (Fsp3) is 0.444. The molecule has 0 bridgehead atoms. The van der Waals surface area contributed by atoms with Gasteiger partial charge in [-0.3, -0.25) is 0 Å². The molecule has 0 fully saturated rings. The monoisotopic (exact) mass is 187 g/mol. The molecule has 0 atom stereocenters. The minimum Gasteiger partial charge on any atom is -0.193 e.